The number of carbonyl (C=O) groups is 2. The van der Waals surface area contributed by atoms with Gasteiger partial charge in [0.05, 0.1) is 4.92 Å². The summed E-state index contributed by atoms with van der Waals surface area (Å²) in [4.78, 5) is 35.4. The Morgan fingerprint density at radius 1 is 1.38 bits per heavy atom. The van der Waals surface area contributed by atoms with Gasteiger partial charge in [0.15, 0.2) is 0 Å². The molecular formula is C14H16N2O5. The van der Waals surface area contributed by atoms with Crippen molar-refractivity contribution in [1.29, 1.82) is 0 Å². The molecule has 1 amide bonds. The third kappa shape index (κ3) is 3.01. The molecule has 1 aliphatic rings. The van der Waals surface area contributed by atoms with Crippen LogP contribution in [0.25, 0.3) is 0 Å². The number of aliphatic carboxylic acids is 1. The van der Waals surface area contributed by atoms with E-state index in [9.17, 15) is 24.8 Å². The first kappa shape index (κ1) is 15.0. The van der Waals surface area contributed by atoms with Gasteiger partial charge in [0.2, 0.25) is 0 Å². The highest BCUT2D eigenvalue weighted by Gasteiger charge is 2.33. The first-order chi connectivity index (χ1) is 9.91. The molecule has 1 unspecified atom stereocenters. The van der Waals surface area contributed by atoms with Gasteiger partial charge in [-0.1, -0.05) is 6.07 Å². The fraction of sp³-hybridized carbons (Fsp3) is 0.429. The molecule has 2 rings (SSSR count). The van der Waals surface area contributed by atoms with Gasteiger partial charge in [-0.05, 0) is 31.7 Å². The molecule has 1 atom stereocenters. The zero-order valence-corrected chi connectivity index (χ0v) is 11.6. The number of nitrogens with zero attached hydrogens (tertiary/aromatic N) is 2. The average Bonchev–Trinajstić information content (AvgIpc) is 2.46. The predicted octanol–water partition coefficient (Wildman–Crippen LogP) is 1.98. The van der Waals surface area contributed by atoms with E-state index in [4.69, 9.17) is 0 Å². The molecule has 1 aromatic carbocycles. The molecule has 0 saturated carbocycles. The Balaban J connectivity index is 2.36. The number of non-ortho nitro benzene ring substituents is 1. The minimum absolute atomic E-state index is 0.173. The number of amides is 1. The van der Waals surface area contributed by atoms with Crippen molar-refractivity contribution in [2.45, 2.75) is 32.2 Å². The molecule has 0 bridgehead atoms. The molecular weight excluding hydrogens is 276 g/mol. The largest absolute Gasteiger partial charge is 0.480 e. The van der Waals surface area contributed by atoms with Crippen LogP contribution in [0.15, 0.2) is 18.2 Å². The van der Waals surface area contributed by atoms with Crippen LogP contribution in [-0.2, 0) is 4.79 Å². The van der Waals surface area contributed by atoms with Crippen molar-refractivity contribution in [1.82, 2.24) is 4.90 Å². The predicted molar refractivity (Wildman–Crippen MR) is 74.1 cm³/mol. The highest BCUT2D eigenvalue weighted by molar-refractivity contribution is 5.98. The molecule has 1 saturated heterocycles. The molecule has 1 aromatic rings. The quantitative estimate of drug-likeness (QED) is 0.678. The van der Waals surface area contributed by atoms with Gasteiger partial charge >= 0.3 is 5.97 Å². The standard InChI is InChI=1S/C14H16N2O5/c1-9-5-6-10(16(20)21)8-11(9)13(17)15-7-3-2-4-12(15)14(18)19/h5-6,8,12H,2-4,7H2,1H3,(H,18,19). The summed E-state index contributed by atoms with van der Waals surface area (Å²) in [5.41, 5.74) is 0.616. The normalized spacial score (nSPS) is 18.3. The van der Waals surface area contributed by atoms with Crippen molar-refractivity contribution in [3.63, 3.8) is 0 Å². The second-order valence-corrected chi connectivity index (χ2v) is 5.10. The van der Waals surface area contributed by atoms with Crippen molar-refractivity contribution in [2.75, 3.05) is 6.54 Å². The van der Waals surface area contributed by atoms with Crippen LogP contribution in [0.1, 0.15) is 35.2 Å². The van der Waals surface area contributed by atoms with Crippen molar-refractivity contribution in [3.05, 3.63) is 39.4 Å². The van der Waals surface area contributed by atoms with E-state index in [1.54, 1.807) is 6.92 Å². The molecule has 1 aliphatic heterocycles. The lowest BCUT2D eigenvalue weighted by atomic mass is 9.99. The summed E-state index contributed by atoms with van der Waals surface area (Å²) in [6, 6.07) is 3.19. The molecule has 7 nitrogen and oxygen atoms in total. The third-order valence-electron chi connectivity index (χ3n) is 3.71. The maximum absolute atomic E-state index is 12.6. The lowest BCUT2D eigenvalue weighted by Crippen LogP contribution is -2.48. The number of benzene rings is 1. The number of piperidine rings is 1. The SMILES string of the molecule is Cc1ccc([N+](=O)[O-])cc1C(=O)N1CCCCC1C(=O)O. The van der Waals surface area contributed by atoms with E-state index in [0.29, 0.717) is 18.5 Å². The molecule has 0 aromatic heterocycles. The number of likely N-dealkylation sites (tertiary alicyclic amines) is 1. The number of hydrogen-bond donors (Lipinski definition) is 1. The van der Waals surface area contributed by atoms with Gasteiger partial charge in [-0.3, -0.25) is 14.9 Å². The van der Waals surface area contributed by atoms with Crippen LogP contribution in [-0.4, -0.2) is 39.4 Å². The van der Waals surface area contributed by atoms with E-state index in [-0.39, 0.29) is 11.3 Å². The summed E-state index contributed by atoms with van der Waals surface area (Å²) in [6.07, 6.45) is 1.91. The molecule has 7 heteroatoms. The third-order valence-corrected chi connectivity index (χ3v) is 3.71. The second-order valence-electron chi connectivity index (χ2n) is 5.10. The zero-order chi connectivity index (χ0) is 15.6. The topological polar surface area (TPSA) is 101 Å². The molecule has 112 valence electrons. The number of carboxylic acid groups (broad SMARTS) is 1. The lowest BCUT2D eigenvalue weighted by Gasteiger charge is -2.33. The number of nitro benzene ring substituents is 1. The Labute approximate surface area is 121 Å². The van der Waals surface area contributed by atoms with Crippen LogP contribution < -0.4 is 0 Å². The Morgan fingerprint density at radius 3 is 2.71 bits per heavy atom. The van der Waals surface area contributed by atoms with Crippen molar-refractivity contribution >= 4 is 17.6 Å². The number of nitro groups is 1. The summed E-state index contributed by atoms with van der Waals surface area (Å²) in [7, 11) is 0. The average molecular weight is 292 g/mol. The molecule has 0 radical (unpaired) electrons. The van der Waals surface area contributed by atoms with Crippen molar-refractivity contribution in [2.24, 2.45) is 0 Å². The number of hydrogen-bond acceptors (Lipinski definition) is 4. The fourth-order valence-corrected chi connectivity index (χ4v) is 2.54. The van der Waals surface area contributed by atoms with Crippen LogP contribution in [0.4, 0.5) is 5.69 Å². The summed E-state index contributed by atoms with van der Waals surface area (Å²) in [5.74, 6) is -1.49. The van der Waals surface area contributed by atoms with Gasteiger partial charge < -0.3 is 10.0 Å². The minimum Gasteiger partial charge on any atom is -0.480 e. The molecule has 0 aliphatic carbocycles. The number of carbonyl (C=O) groups excluding carboxylic acids is 1. The van der Waals surface area contributed by atoms with E-state index in [2.05, 4.69) is 0 Å². The van der Waals surface area contributed by atoms with Crippen molar-refractivity contribution < 1.29 is 19.6 Å². The molecule has 1 fully saturated rings. The second kappa shape index (κ2) is 5.90. The molecule has 1 heterocycles. The van der Waals surface area contributed by atoms with Crippen LogP contribution in [0.3, 0.4) is 0 Å². The van der Waals surface area contributed by atoms with Gasteiger partial charge in [0.1, 0.15) is 6.04 Å². The zero-order valence-electron chi connectivity index (χ0n) is 11.6. The van der Waals surface area contributed by atoms with Gasteiger partial charge in [-0.25, -0.2) is 4.79 Å². The van der Waals surface area contributed by atoms with E-state index in [1.807, 2.05) is 0 Å². The molecule has 0 spiro atoms. The van der Waals surface area contributed by atoms with Crippen LogP contribution >= 0.6 is 0 Å². The molecule has 21 heavy (non-hydrogen) atoms. The van der Waals surface area contributed by atoms with Gasteiger partial charge in [-0.15, -0.1) is 0 Å². The summed E-state index contributed by atoms with van der Waals surface area (Å²) in [6.45, 7) is 2.04. The Bertz CT molecular complexity index is 599. The first-order valence-corrected chi connectivity index (χ1v) is 6.70. The van der Waals surface area contributed by atoms with Crippen LogP contribution in [0.5, 0.6) is 0 Å². The summed E-state index contributed by atoms with van der Waals surface area (Å²) < 4.78 is 0. The Kier molecular flexibility index (Phi) is 4.21. The Morgan fingerprint density at radius 2 is 2.10 bits per heavy atom. The van der Waals surface area contributed by atoms with Crippen LogP contribution in [0, 0.1) is 17.0 Å². The van der Waals surface area contributed by atoms with Gasteiger partial charge in [0.25, 0.3) is 11.6 Å². The maximum Gasteiger partial charge on any atom is 0.326 e. The minimum atomic E-state index is -1.04. The fourth-order valence-electron chi connectivity index (χ4n) is 2.54. The molecule has 1 N–H and O–H groups in total. The van der Waals surface area contributed by atoms with Gasteiger partial charge in [-0.2, -0.15) is 0 Å². The highest BCUT2D eigenvalue weighted by atomic mass is 16.6. The smallest absolute Gasteiger partial charge is 0.326 e. The number of carboxylic acids is 1. The highest BCUT2D eigenvalue weighted by Crippen LogP contribution is 2.24. The maximum atomic E-state index is 12.6. The summed E-state index contributed by atoms with van der Waals surface area (Å²) >= 11 is 0. The summed E-state index contributed by atoms with van der Waals surface area (Å²) in [5, 5.41) is 20.0. The van der Waals surface area contributed by atoms with E-state index in [0.717, 1.165) is 12.8 Å². The Hall–Kier alpha value is -2.44. The van der Waals surface area contributed by atoms with E-state index < -0.39 is 22.8 Å². The van der Waals surface area contributed by atoms with E-state index >= 15 is 0 Å². The first-order valence-electron chi connectivity index (χ1n) is 6.70. The van der Waals surface area contributed by atoms with Crippen molar-refractivity contribution in [3.8, 4) is 0 Å². The van der Waals surface area contributed by atoms with Crippen LogP contribution in [0.2, 0.25) is 0 Å². The number of rotatable bonds is 3. The monoisotopic (exact) mass is 292 g/mol. The van der Waals surface area contributed by atoms with E-state index in [1.165, 1.54) is 23.1 Å². The number of aryl methyl sites for hydroxylation is 1. The lowest BCUT2D eigenvalue weighted by molar-refractivity contribution is -0.384. The van der Waals surface area contributed by atoms with Gasteiger partial charge in [0, 0.05) is 24.2 Å².